The van der Waals surface area contributed by atoms with Crippen LogP contribution >= 0.6 is 0 Å². The molecule has 1 aromatic heterocycles. The highest BCUT2D eigenvalue weighted by atomic mass is 16.5. The second-order valence-electron chi connectivity index (χ2n) is 12.4. The number of nitrogens with one attached hydrogen (secondary N) is 2. The summed E-state index contributed by atoms with van der Waals surface area (Å²) in [6, 6.07) is 20.1. The Kier molecular flexibility index (Phi) is 11.4. The molecular formula is C38H46N4O6. The number of furan rings is 1. The molecule has 254 valence electrons. The Balaban J connectivity index is 1.35. The minimum Gasteiger partial charge on any atom is -0.497 e. The SMILES string of the molecule is COc1ccc(C[C@@H]2NC(=O)CCCN(Cc3cc4oc(C)c(-c5ccccc5)c4cc3OC)CCCNC(=O)[C@H](C)N(C)C2=O)cc1. The Morgan fingerprint density at radius 1 is 0.938 bits per heavy atom. The van der Waals surface area contributed by atoms with Crippen LogP contribution in [-0.2, 0) is 27.3 Å². The number of fused-ring (bicyclic) bond motifs is 1. The topological polar surface area (TPSA) is 113 Å². The number of benzene rings is 3. The van der Waals surface area contributed by atoms with Gasteiger partial charge in [0, 0.05) is 56.0 Å². The third-order valence-corrected chi connectivity index (χ3v) is 9.09. The summed E-state index contributed by atoms with van der Waals surface area (Å²) in [5.41, 5.74) is 4.78. The summed E-state index contributed by atoms with van der Waals surface area (Å²) in [6.45, 7) is 6.05. The summed E-state index contributed by atoms with van der Waals surface area (Å²) in [7, 11) is 4.87. The average molecular weight is 655 g/mol. The smallest absolute Gasteiger partial charge is 0.245 e. The molecule has 1 saturated heterocycles. The zero-order chi connectivity index (χ0) is 34.2. The van der Waals surface area contributed by atoms with Gasteiger partial charge in [0.25, 0.3) is 0 Å². The zero-order valence-electron chi connectivity index (χ0n) is 28.5. The van der Waals surface area contributed by atoms with Crippen LogP contribution in [0.15, 0.2) is 71.1 Å². The van der Waals surface area contributed by atoms with E-state index in [1.807, 2.05) is 61.5 Å². The van der Waals surface area contributed by atoms with Gasteiger partial charge in [-0.15, -0.1) is 0 Å². The number of hydrogen-bond acceptors (Lipinski definition) is 7. The predicted octanol–water partition coefficient (Wildman–Crippen LogP) is 5.10. The van der Waals surface area contributed by atoms with Gasteiger partial charge in [0.05, 0.1) is 14.2 Å². The molecule has 3 amide bonds. The highest BCUT2D eigenvalue weighted by Crippen LogP contribution is 2.38. The molecule has 3 aromatic carbocycles. The molecule has 5 rings (SSSR count). The Morgan fingerprint density at radius 2 is 1.67 bits per heavy atom. The molecule has 2 atom stereocenters. The normalized spacial score (nSPS) is 18.9. The van der Waals surface area contributed by atoms with E-state index in [2.05, 4.69) is 27.7 Å². The molecular weight excluding hydrogens is 608 g/mol. The Bertz CT molecular complexity index is 1720. The lowest BCUT2D eigenvalue weighted by Crippen LogP contribution is -2.54. The summed E-state index contributed by atoms with van der Waals surface area (Å²) >= 11 is 0. The first-order chi connectivity index (χ1) is 23.2. The third-order valence-electron chi connectivity index (χ3n) is 9.09. The lowest BCUT2D eigenvalue weighted by atomic mass is 10.0. The van der Waals surface area contributed by atoms with Crippen LogP contribution in [0.4, 0.5) is 0 Å². The van der Waals surface area contributed by atoms with Gasteiger partial charge in [-0.3, -0.25) is 19.3 Å². The van der Waals surface area contributed by atoms with Crippen LogP contribution in [0.2, 0.25) is 0 Å². The second kappa shape index (κ2) is 15.8. The van der Waals surface area contributed by atoms with Crippen molar-refractivity contribution >= 4 is 28.7 Å². The maximum atomic E-state index is 13.6. The number of aryl methyl sites for hydroxylation is 1. The van der Waals surface area contributed by atoms with Crippen molar-refractivity contribution in [2.24, 2.45) is 0 Å². The summed E-state index contributed by atoms with van der Waals surface area (Å²) in [5, 5.41) is 6.95. The minimum atomic E-state index is -0.819. The number of amides is 3. The Hall–Kier alpha value is -4.83. The second-order valence-corrected chi connectivity index (χ2v) is 12.4. The molecule has 0 aliphatic carbocycles. The molecule has 0 unspecified atom stereocenters. The molecule has 0 radical (unpaired) electrons. The highest BCUT2D eigenvalue weighted by molar-refractivity contribution is 5.97. The standard InChI is InChI=1S/C38H46N4O6/c1-25-37(44)39-18-10-20-42(19-9-13-35(43)40-32(38(45)41(25)3)21-27-14-16-30(46-4)17-15-27)24-29-22-34-31(23-33(29)47-5)36(26(2)48-34)28-11-7-6-8-12-28/h6-8,11-12,14-17,22-23,25,32H,9-10,13,18-21,24H2,1-5H3,(H,39,44)(H,40,43)/t25-,32-/m0/s1. The molecule has 10 heteroatoms. The van der Waals surface area contributed by atoms with E-state index in [0.717, 1.165) is 44.7 Å². The van der Waals surface area contributed by atoms with Gasteiger partial charge in [0.15, 0.2) is 0 Å². The number of likely N-dealkylation sites (N-methyl/N-ethyl adjacent to an activating group) is 1. The third kappa shape index (κ3) is 8.17. The quantitative estimate of drug-likeness (QED) is 0.285. The van der Waals surface area contributed by atoms with Crippen LogP contribution in [0.3, 0.4) is 0 Å². The van der Waals surface area contributed by atoms with E-state index in [4.69, 9.17) is 13.9 Å². The molecule has 2 heterocycles. The summed E-state index contributed by atoms with van der Waals surface area (Å²) in [6.07, 6.45) is 1.84. The number of rotatable bonds is 7. The largest absolute Gasteiger partial charge is 0.497 e. The Labute approximate surface area is 282 Å². The van der Waals surface area contributed by atoms with E-state index in [1.54, 1.807) is 28.2 Å². The lowest BCUT2D eigenvalue weighted by molar-refractivity contribution is -0.141. The lowest BCUT2D eigenvalue weighted by Gasteiger charge is -2.29. The molecule has 10 nitrogen and oxygen atoms in total. The molecule has 4 aromatic rings. The fourth-order valence-corrected chi connectivity index (χ4v) is 6.28. The fraction of sp³-hybridized carbons (Fsp3) is 0.395. The van der Waals surface area contributed by atoms with Crippen LogP contribution < -0.4 is 20.1 Å². The van der Waals surface area contributed by atoms with Gasteiger partial charge in [-0.1, -0.05) is 42.5 Å². The van der Waals surface area contributed by atoms with E-state index in [0.29, 0.717) is 51.2 Å². The van der Waals surface area contributed by atoms with Crippen molar-refractivity contribution in [1.29, 1.82) is 0 Å². The van der Waals surface area contributed by atoms with Gasteiger partial charge >= 0.3 is 0 Å². The van der Waals surface area contributed by atoms with Crippen LogP contribution in [0.25, 0.3) is 22.1 Å². The first-order valence-corrected chi connectivity index (χ1v) is 16.5. The van der Waals surface area contributed by atoms with Crippen molar-refractivity contribution in [3.63, 3.8) is 0 Å². The van der Waals surface area contributed by atoms with Gasteiger partial charge in [-0.05, 0) is 68.6 Å². The van der Waals surface area contributed by atoms with Crippen molar-refractivity contribution in [2.45, 2.75) is 58.2 Å². The monoisotopic (exact) mass is 654 g/mol. The molecule has 0 spiro atoms. The van der Waals surface area contributed by atoms with Crippen molar-refractivity contribution < 1.29 is 28.3 Å². The van der Waals surface area contributed by atoms with Gasteiger partial charge in [0.1, 0.15) is 34.9 Å². The number of methoxy groups -OCH3 is 2. The molecule has 48 heavy (non-hydrogen) atoms. The van der Waals surface area contributed by atoms with Crippen molar-refractivity contribution in [2.75, 3.05) is 40.9 Å². The average Bonchev–Trinajstić information content (AvgIpc) is 3.42. The van der Waals surface area contributed by atoms with E-state index in [1.165, 1.54) is 4.90 Å². The molecule has 1 aliphatic rings. The van der Waals surface area contributed by atoms with Crippen molar-refractivity contribution in [3.8, 4) is 22.6 Å². The maximum Gasteiger partial charge on any atom is 0.245 e. The number of ether oxygens (including phenoxy) is 2. The number of carbonyl (C=O) groups excluding carboxylic acids is 3. The van der Waals surface area contributed by atoms with E-state index in [9.17, 15) is 14.4 Å². The van der Waals surface area contributed by atoms with Crippen LogP contribution in [0.1, 0.15) is 43.1 Å². The maximum absolute atomic E-state index is 13.6. The van der Waals surface area contributed by atoms with Crippen LogP contribution in [0, 0.1) is 6.92 Å². The molecule has 0 saturated carbocycles. The van der Waals surface area contributed by atoms with E-state index < -0.39 is 12.1 Å². The summed E-state index contributed by atoms with van der Waals surface area (Å²) in [5.74, 6) is 1.55. The molecule has 2 N–H and O–H groups in total. The molecule has 1 aliphatic heterocycles. The van der Waals surface area contributed by atoms with Gasteiger partial charge in [-0.25, -0.2) is 0 Å². The van der Waals surface area contributed by atoms with Crippen molar-refractivity contribution in [1.82, 2.24) is 20.4 Å². The minimum absolute atomic E-state index is 0.208. The number of nitrogens with zero attached hydrogens (tertiary/aromatic N) is 2. The van der Waals surface area contributed by atoms with E-state index in [-0.39, 0.29) is 24.1 Å². The number of carbonyl (C=O) groups is 3. The first kappa shape index (κ1) is 34.5. The van der Waals surface area contributed by atoms with Crippen LogP contribution in [0.5, 0.6) is 11.5 Å². The number of hydrogen-bond donors (Lipinski definition) is 2. The van der Waals surface area contributed by atoms with E-state index >= 15 is 0 Å². The summed E-state index contributed by atoms with van der Waals surface area (Å²) in [4.78, 5) is 43.6. The fourth-order valence-electron chi connectivity index (χ4n) is 6.28. The van der Waals surface area contributed by atoms with Gasteiger partial charge in [0.2, 0.25) is 17.7 Å². The first-order valence-electron chi connectivity index (χ1n) is 16.5. The van der Waals surface area contributed by atoms with Gasteiger partial charge < -0.3 is 29.4 Å². The van der Waals surface area contributed by atoms with Gasteiger partial charge in [-0.2, -0.15) is 0 Å². The highest BCUT2D eigenvalue weighted by Gasteiger charge is 2.30. The summed E-state index contributed by atoms with van der Waals surface area (Å²) < 4.78 is 17.4. The predicted molar refractivity (Wildman–Crippen MR) is 186 cm³/mol. The van der Waals surface area contributed by atoms with Crippen molar-refractivity contribution in [3.05, 3.63) is 83.6 Å². The molecule has 0 bridgehead atoms. The molecule has 1 fully saturated rings. The van der Waals surface area contributed by atoms with Crippen LogP contribution in [-0.4, -0.2) is 80.5 Å². The Morgan fingerprint density at radius 3 is 2.38 bits per heavy atom. The zero-order valence-corrected chi connectivity index (χ0v) is 28.5.